The molecule has 0 aliphatic rings. The Labute approximate surface area is 53.8 Å². The number of hydrogen-bond donors (Lipinski definition) is 3. The van der Waals surface area contributed by atoms with E-state index in [1.807, 2.05) is 0 Å². The molecule has 0 bridgehead atoms. The summed E-state index contributed by atoms with van der Waals surface area (Å²) in [6.07, 6.45) is 0.198. The number of aliphatic hydroxyl groups is 1. The number of aldehydes is 1. The van der Waals surface area contributed by atoms with Crippen molar-refractivity contribution in [2.24, 2.45) is 11.5 Å². The molecule has 5 N–H and O–H groups in total. The Morgan fingerprint density at radius 2 is 2.22 bits per heavy atom. The number of aliphatic hydroxyl groups excluding tert-OH is 1. The Bertz CT molecular complexity index is 87.0. The van der Waals surface area contributed by atoms with Crippen LogP contribution >= 0.6 is 0 Å². The molecular weight excluding hydrogens is 120 g/mol. The molecule has 0 aromatic rings. The second kappa shape index (κ2) is 4.43. The van der Waals surface area contributed by atoms with Crippen molar-refractivity contribution in [1.29, 1.82) is 0 Å². The van der Waals surface area contributed by atoms with E-state index in [9.17, 15) is 4.79 Å². The molecule has 0 saturated heterocycles. The summed E-state index contributed by atoms with van der Waals surface area (Å²) in [5, 5.41) is 8.80. The minimum absolute atomic E-state index is 0.154. The van der Waals surface area contributed by atoms with Gasteiger partial charge in [0, 0.05) is 6.54 Å². The number of rotatable bonds is 4. The number of carbonyl (C=O) groups is 1. The number of nitrogens with two attached hydrogens (primary N) is 2. The summed E-state index contributed by atoms with van der Waals surface area (Å²) in [5.74, 6) is 0. The molecule has 0 fully saturated rings. The standard InChI is InChI=1S/C5H12N2O2/c6-2-5(9)1-4(7)3-8/h3-5,9H,1-2,6-7H2/t4-,5?/m0/s1. The zero-order valence-corrected chi connectivity index (χ0v) is 5.16. The van der Waals surface area contributed by atoms with Gasteiger partial charge in [0.15, 0.2) is 0 Å². The SMILES string of the molecule is NCC(O)C[C@H](N)C=O. The molecule has 1 unspecified atom stereocenters. The van der Waals surface area contributed by atoms with Gasteiger partial charge < -0.3 is 21.4 Å². The minimum Gasteiger partial charge on any atom is -0.392 e. The molecule has 0 saturated carbocycles. The Morgan fingerprint density at radius 1 is 1.67 bits per heavy atom. The van der Waals surface area contributed by atoms with Gasteiger partial charge in [0.2, 0.25) is 0 Å². The highest BCUT2D eigenvalue weighted by atomic mass is 16.3. The third-order valence-electron chi connectivity index (χ3n) is 0.991. The molecule has 0 heterocycles. The molecule has 4 nitrogen and oxygen atoms in total. The molecule has 0 amide bonds. The highest BCUT2D eigenvalue weighted by Crippen LogP contribution is 1.90. The van der Waals surface area contributed by atoms with Crippen molar-refractivity contribution < 1.29 is 9.90 Å². The first-order chi connectivity index (χ1) is 4.20. The van der Waals surface area contributed by atoms with E-state index in [-0.39, 0.29) is 13.0 Å². The van der Waals surface area contributed by atoms with E-state index in [2.05, 4.69) is 0 Å². The van der Waals surface area contributed by atoms with Gasteiger partial charge in [-0.25, -0.2) is 0 Å². The van der Waals surface area contributed by atoms with E-state index >= 15 is 0 Å². The Kier molecular flexibility index (Phi) is 4.21. The van der Waals surface area contributed by atoms with E-state index in [1.54, 1.807) is 0 Å². The van der Waals surface area contributed by atoms with Crippen molar-refractivity contribution in [2.75, 3.05) is 6.54 Å². The van der Waals surface area contributed by atoms with Crippen LogP contribution in [0.5, 0.6) is 0 Å². The van der Waals surface area contributed by atoms with Crippen LogP contribution in [0.2, 0.25) is 0 Å². The Balaban J connectivity index is 3.33. The van der Waals surface area contributed by atoms with Gasteiger partial charge in [0.05, 0.1) is 12.1 Å². The summed E-state index contributed by atoms with van der Waals surface area (Å²) in [5.41, 5.74) is 10.2. The predicted molar refractivity (Wildman–Crippen MR) is 33.7 cm³/mol. The smallest absolute Gasteiger partial charge is 0.136 e. The average molecular weight is 132 g/mol. The summed E-state index contributed by atoms with van der Waals surface area (Å²) >= 11 is 0. The van der Waals surface area contributed by atoms with Crippen LogP contribution in [0.15, 0.2) is 0 Å². The molecule has 0 radical (unpaired) electrons. The summed E-state index contributed by atoms with van der Waals surface area (Å²) in [6.45, 7) is 0.154. The largest absolute Gasteiger partial charge is 0.392 e. The first-order valence-electron chi connectivity index (χ1n) is 2.79. The zero-order valence-electron chi connectivity index (χ0n) is 5.16. The molecule has 9 heavy (non-hydrogen) atoms. The van der Waals surface area contributed by atoms with Gasteiger partial charge >= 0.3 is 0 Å². The maximum absolute atomic E-state index is 9.88. The summed E-state index contributed by atoms with van der Waals surface area (Å²) in [7, 11) is 0. The van der Waals surface area contributed by atoms with E-state index in [0.29, 0.717) is 6.29 Å². The molecule has 0 aromatic heterocycles. The molecule has 4 heteroatoms. The zero-order chi connectivity index (χ0) is 7.28. The third kappa shape index (κ3) is 4.08. The fraction of sp³-hybridized carbons (Fsp3) is 0.800. The molecule has 0 aliphatic carbocycles. The molecule has 54 valence electrons. The van der Waals surface area contributed by atoms with Crippen molar-refractivity contribution in [3.05, 3.63) is 0 Å². The first-order valence-corrected chi connectivity index (χ1v) is 2.79. The van der Waals surface area contributed by atoms with Crippen molar-refractivity contribution in [3.8, 4) is 0 Å². The highest BCUT2D eigenvalue weighted by molar-refractivity contribution is 5.56. The molecule has 0 aromatic carbocycles. The summed E-state index contributed by atoms with van der Waals surface area (Å²) in [6, 6.07) is -0.580. The lowest BCUT2D eigenvalue weighted by atomic mass is 10.1. The average Bonchev–Trinajstić information content (AvgIpc) is 1.87. The van der Waals surface area contributed by atoms with Crippen molar-refractivity contribution >= 4 is 6.29 Å². The van der Waals surface area contributed by atoms with Gasteiger partial charge in [-0.1, -0.05) is 0 Å². The quantitative estimate of drug-likeness (QED) is 0.394. The van der Waals surface area contributed by atoms with Gasteiger partial charge in [-0.05, 0) is 6.42 Å². The van der Waals surface area contributed by atoms with Gasteiger partial charge in [-0.3, -0.25) is 0 Å². The predicted octanol–water partition coefficient (Wildman–Crippen LogP) is -1.78. The lowest BCUT2D eigenvalue weighted by Gasteiger charge is -2.07. The number of hydrogen-bond acceptors (Lipinski definition) is 4. The Hall–Kier alpha value is -0.450. The van der Waals surface area contributed by atoms with Crippen LogP contribution in [0, 0.1) is 0 Å². The van der Waals surface area contributed by atoms with E-state index in [4.69, 9.17) is 16.6 Å². The lowest BCUT2D eigenvalue weighted by Crippen LogP contribution is -2.31. The van der Waals surface area contributed by atoms with Crippen LogP contribution < -0.4 is 11.5 Å². The van der Waals surface area contributed by atoms with Crippen LogP contribution in [0.4, 0.5) is 0 Å². The second-order valence-corrected chi connectivity index (χ2v) is 1.93. The minimum atomic E-state index is -0.648. The topological polar surface area (TPSA) is 89.3 Å². The van der Waals surface area contributed by atoms with E-state index in [0.717, 1.165) is 0 Å². The normalized spacial score (nSPS) is 16.8. The van der Waals surface area contributed by atoms with Gasteiger partial charge in [0.25, 0.3) is 0 Å². The molecule has 0 rings (SSSR count). The van der Waals surface area contributed by atoms with E-state index in [1.165, 1.54) is 0 Å². The van der Waals surface area contributed by atoms with Gasteiger partial charge in [0.1, 0.15) is 6.29 Å². The van der Waals surface area contributed by atoms with Crippen LogP contribution in [-0.4, -0.2) is 30.1 Å². The second-order valence-electron chi connectivity index (χ2n) is 1.93. The van der Waals surface area contributed by atoms with Crippen LogP contribution in [-0.2, 0) is 4.79 Å². The maximum Gasteiger partial charge on any atom is 0.136 e. The van der Waals surface area contributed by atoms with Crippen LogP contribution in [0.3, 0.4) is 0 Å². The Morgan fingerprint density at radius 3 is 2.56 bits per heavy atom. The highest BCUT2D eigenvalue weighted by Gasteiger charge is 2.06. The number of carbonyl (C=O) groups excluding carboxylic acids is 1. The van der Waals surface area contributed by atoms with Crippen LogP contribution in [0.25, 0.3) is 0 Å². The van der Waals surface area contributed by atoms with Gasteiger partial charge in [-0.2, -0.15) is 0 Å². The monoisotopic (exact) mass is 132 g/mol. The van der Waals surface area contributed by atoms with Gasteiger partial charge in [-0.15, -0.1) is 0 Å². The third-order valence-corrected chi connectivity index (χ3v) is 0.991. The van der Waals surface area contributed by atoms with Crippen LogP contribution in [0.1, 0.15) is 6.42 Å². The van der Waals surface area contributed by atoms with E-state index < -0.39 is 12.1 Å². The molecule has 0 aliphatic heterocycles. The van der Waals surface area contributed by atoms with Crippen molar-refractivity contribution in [1.82, 2.24) is 0 Å². The molecule has 2 atom stereocenters. The fourth-order valence-electron chi connectivity index (χ4n) is 0.466. The van der Waals surface area contributed by atoms with Crippen molar-refractivity contribution in [3.63, 3.8) is 0 Å². The molecule has 0 spiro atoms. The van der Waals surface area contributed by atoms with Crippen molar-refractivity contribution in [2.45, 2.75) is 18.6 Å². The maximum atomic E-state index is 9.88. The lowest BCUT2D eigenvalue weighted by molar-refractivity contribution is -0.109. The fourth-order valence-corrected chi connectivity index (χ4v) is 0.466. The summed E-state index contributed by atoms with van der Waals surface area (Å²) in [4.78, 5) is 9.88. The summed E-state index contributed by atoms with van der Waals surface area (Å²) < 4.78 is 0. The molecular formula is C5H12N2O2. The first kappa shape index (κ1) is 8.55.